The Hall–Kier alpha value is -1.67. The molecule has 1 aliphatic heterocycles. The Morgan fingerprint density at radius 3 is 2.50 bits per heavy atom. The monoisotopic (exact) mass is 539 g/mol. The molecule has 0 bridgehead atoms. The fourth-order valence-electron chi connectivity index (χ4n) is 5.06. The van der Waals surface area contributed by atoms with Crippen LogP contribution in [0.5, 0.6) is 0 Å². The normalized spacial score (nSPS) is 18.6. The molecule has 1 aliphatic carbocycles. The van der Waals surface area contributed by atoms with Crippen LogP contribution in [0.4, 0.5) is 0 Å². The first-order valence-electron chi connectivity index (χ1n) is 11.0. The van der Waals surface area contributed by atoms with Gasteiger partial charge in [-0.2, -0.15) is 0 Å². The van der Waals surface area contributed by atoms with Crippen molar-refractivity contribution in [1.82, 2.24) is 15.0 Å². The number of hydrogen-bond donors (Lipinski definition) is 2. The fourth-order valence-corrected chi connectivity index (χ4v) is 6.16. The number of halogens is 3. The molecule has 182 valence electrons. The first kappa shape index (κ1) is 26.9. The predicted octanol–water partition coefficient (Wildman–Crippen LogP) is 5.37. The maximum atomic E-state index is 12.6. The van der Waals surface area contributed by atoms with E-state index < -0.39 is 10.0 Å². The Balaban J connectivity index is 0.00000162. The van der Waals surface area contributed by atoms with Crippen LogP contribution < -0.4 is 10.0 Å². The molecule has 1 saturated carbocycles. The van der Waals surface area contributed by atoms with Crippen LogP contribution in [0.25, 0.3) is 0 Å². The van der Waals surface area contributed by atoms with Crippen LogP contribution in [0.3, 0.4) is 0 Å². The lowest BCUT2D eigenvalue weighted by Crippen LogP contribution is -2.49. The number of nitrogens with zero attached hydrogens (tertiary/aromatic N) is 1. The van der Waals surface area contributed by atoms with Crippen LogP contribution in [0.15, 0.2) is 71.9 Å². The van der Waals surface area contributed by atoms with E-state index in [1.807, 2.05) is 18.2 Å². The van der Waals surface area contributed by atoms with Crippen molar-refractivity contribution >= 4 is 46.4 Å². The molecule has 0 amide bonds. The zero-order valence-corrected chi connectivity index (χ0v) is 21.7. The summed E-state index contributed by atoms with van der Waals surface area (Å²) in [6.07, 6.45) is 7.37. The second-order valence-electron chi connectivity index (χ2n) is 8.70. The second-order valence-corrected chi connectivity index (χ2v) is 10.9. The Bertz CT molecular complexity index is 1220. The standard InChI is InChI=1S/C25H26ClN3O2S.2ClH/c26-21-8-6-20(7-9-21)25(11-2-12-25)24-23-15-18(4-5-19(23)10-14-28-24)16-29-32(30,31)22-3-1-13-27-17-22;;/h1,3-9,13,15,17,24,28-29H,2,10-12,14,16H2;2*1H. The van der Waals surface area contributed by atoms with Crippen molar-refractivity contribution in [2.45, 2.75) is 48.6 Å². The summed E-state index contributed by atoms with van der Waals surface area (Å²) in [5.74, 6) is 0. The van der Waals surface area contributed by atoms with Gasteiger partial charge in [0.1, 0.15) is 4.90 Å². The van der Waals surface area contributed by atoms with Crippen molar-refractivity contribution < 1.29 is 8.42 Å². The van der Waals surface area contributed by atoms with Gasteiger partial charge < -0.3 is 5.32 Å². The van der Waals surface area contributed by atoms with Gasteiger partial charge in [0, 0.05) is 35.4 Å². The van der Waals surface area contributed by atoms with Crippen molar-refractivity contribution in [2.24, 2.45) is 0 Å². The molecule has 5 nitrogen and oxygen atoms in total. The molecule has 9 heteroatoms. The minimum Gasteiger partial charge on any atom is -0.309 e. The lowest BCUT2D eigenvalue weighted by Gasteiger charge is -2.50. The largest absolute Gasteiger partial charge is 0.309 e. The van der Waals surface area contributed by atoms with Gasteiger partial charge in [0.05, 0.1) is 0 Å². The highest BCUT2D eigenvalue weighted by atomic mass is 35.5. The quantitative estimate of drug-likeness (QED) is 0.441. The van der Waals surface area contributed by atoms with Crippen LogP contribution in [0.2, 0.25) is 5.02 Å². The van der Waals surface area contributed by atoms with Crippen molar-refractivity contribution in [2.75, 3.05) is 6.54 Å². The van der Waals surface area contributed by atoms with E-state index in [4.69, 9.17) is 11.6 Å². The molecule has 0 radical (unpaired) electrons. The third kappa shape index (κ3) is 5.13. The van der Waals surface area contributed by atoms with Crippen LogP contribution in [0, 0.1) is 0 Å². The minimum absolute atomic E-state index is 0. The van der Waals surface area contributed by atoms with Crippen LogP contribution >= 0.6 is 36.4 Å². The molecule has 2 aliphatic rings. The third-order valence-electron chi connectivity index (χ3n) is 6.89. The number of nitrogens with one attached hydrogen (secondary N) is 2. The van der Waals surface area contributed by atoms with Crippen molar-refractivity contribution in [3.8, 4) is 0 Å². The van der Waals surface area contributed by atoms with Gasteiger partial charge in [-0.3, -0.25) is 4.98 Å². The van der Waals surface area contributed by atoms with Gasteiger partial charge in [0.25, 0.3) is 0 Å². The maximum Gasteiger partial charge on any atom is 0.242 e. The molecule has 1 atom stereocenters. The van der Waals surface area contributed by atoms with Crippen LogP contribution in [0.1, 0.15) is 47.6 Å². The Morgan fingerprint density at radius 1 is 1.09 bits per heavy atom. The van der Waals surface area contributed by atoms with Crippen molar-refractivity contribution in [1.29, 1.82) is 0 Å². The van der Waals surface area contributed by atoms with E-state index in [-0.39, 0.29) is 47.7 Å². The zero-order valence-electron chi connectivity index (χ0n) is 18.5. The van der Waals surface area contributed by atoms with Crippen molar-refractivity contribution in [3.63, 3.8) is 0 Å². The highest BCUT2D eigenvalue weighted by Gasteiger charge is 2.47. The molecule has 3 aromatic rings. The van der Waals surface area contributed by atoms with Gasteiger partial charge in [-0.05, 0) is 72.3 Å². The number of pyridine rings is 1. The Labute approximate surface area is 218 Å². The molecule has 2 heterocycles. The average Bonchev–Trinajstić information content (AvgIpc) is 2.79. The summed E-state index contributed by atoms with van der Waals surface area (Å²) in [7, 11) is -3.60. The Kier molecular flexibility index (Phi) is 8.66. The van der Waals surface area contributed by atoms with Crippen LogP contribution in [-0.4, -0.2) is 19.9 Å². The van der Waals surface area contributed by atoms with E-state index in [0.29, 0.717) is 0 Å². The van der Waals surface area contributed by atoms with E-state index in [9.17, 15) is 8.42 Å². The van der Waals surface area contributed by atoms with E-state index in [1.165, 1.54) is 29.3 Å². The summed E-state index contributed by atoms with van der Waals surface area (Å²) >= 11 is 6.15. The highest BCUT2D eigenvalue weighted by molar-refractivity contribution is 7.89. The summed E-state index contributed by atoms with van der Waals surface area (Å²) in [5, 5.41) is 4.53. The minimum atomic E-state index is -3.60. The predicted molar refractivity (Wildman–Crippen MR) is 141 cm³/mol. The number of sulfonamides is 1. The summed E-state index contributed by atoms with van der Waals surface area (Å²) in [5.41, 5.74) is 4.95. The zero-order chi connectivity index (χ0) is 22.2. The van der Waals surface area contributed by atoms with Crippen LogP contribution in [-0.2, 0) is 28.4 Å². The van der Waals surface area contributed by atoms with Crippen molar-refractivity contribution in [3.05, 3.63) is 94.3 Å². The number of benzene rings is 2. The third-order valence-corrected chi connectivity index (χ3v) is 8.53. The Morgan fingerprint density at radius 2 is 1.85 bits per heavy atom. The van der Waals surface area contributed by atoms with Gasteiger partial charge in [-0.1, -0.05) is 48.4 Å². The fraction of sp³-hybridized carbons (Fsp3) is 0.320. The molecule has 34 heavy (non-hydrogen) atoms. The molecule has 5 rings (SSSR count). The lowest BCUT2D eigenvalue weighted by molar-refractivity contribution is 0.164. The first-order chi connectivity index (χ1) is 15.5. The molecule has 0 saturated heterocycles. The SMILES string of the molecule is Cl.Cl.O=S(=O)(NCc1ccc2c(c1)C(C1(c3ccc(Cl)cc3)CCC1)NCC2)c1cccnc1. The lowest BCUT2D eigenvalue weighted by atomic mass is 9.58. The summed E-state index contributed by atoms with van der Waals surface area (Å²) in [4.78, 5) is 4.09. The summed E-state index contributed by atoms with van der Waals surface area (Å²) < 4.78 is 27.9. The van der Waals surface area contributed by atoms with Gasteiger partial charge in [0.2, 0.25) is 10.0 Å². The highest BCUT2D eigenvalue weighted by Crippen LogP contribution is 2.53. The summed E-state index contributed by atoms with van der Waals surface area (Å²) in [6, 6.07) is 18.0. The number of hydrogen-bond acceptors (Lipinski definition) is 4. The van der Waals surface area contributed by atoms with E-state index >= 15 is 0 Å². The van der Waals surface area contributed by atoms with Gasteiger partial charge in [-0.15, -0.1) is 24.8 Å². The van der Waals surface area contributed by atoms with Gasteiger partial charge in [0.15, 0.2) is 0 Å². The molecular formula is C25H28Cl3N3O2S. The number of aromatic nitrogens is 1. The smallest absolute Gasteiger partial charge is 0.242 e. The number of fused-ring (bicyclic) bond motifs is 1. The van der Waals surface area contributed by atoms with E-state index in [2.05, 4.69) is 39.3 Å². The molecular weight excluding hydrogens is 513 g/mol. The second kappa shape index (κ2) is 10.9. The van der Waals surface area contributed by atoms with Gasteiger partial charge in [-0.25, -0.2) is 13.1 Å². The molecule has 2 aromatic carbocycles. The average molecular weight is 541 g/mol. The number of rotatable bonds is 6. The molecule has 2 N–H and O–H groups in total. The summed E-state index contributed by atoms with van der Waals surface area (Å²) in [6.45, 7) is 1.19. The molecule has 0 spiro atoms. The molecule has 1 aromatic heterocycles. The molecule has 1 fully saturated rings. The molecule has 1 unspecified atom stereocenters. The van der Waals surface area contributed by atoms with E-state index in [0.717, 1.165) is 36.4 Å². The maximum absolute atomic E-state index is 12.6. The van der Waals surface area contributed by atoms with E-state index in [1.54, 1.807) is 18.3 Å². The first-order valence-corrected chi connectivity index (χ1v) is 12.8. The van der Waals surface area contributed by atoms with Gasteiger partial charge >= 0.3 is 0 Å². The topological polar surface area (TPSA) is 71.1 Å².